The van der Waals surface area contributed by atoms with Crippen LogP contribution in [0.15, 0.2) is 60.7 Å². The van der Waals surface area contributed by atoms with E-state index in [0.717, 1.165) is 0 Å². The predicted molar refractivity (Wildman–Crippen MR) is 109 cm³/mol. The van der Waals surface area contributed by atoms with E-state index in [1.165, 1.54) is 16.8 Å². The van der Waals surface area contributed by atoms with Gasteiger partial charge in [-0.05, 0) is 17.2 Å². The minimum absolute atomic E-state index is 1.27. The topological polar surface area (TPSA) is 3.24 Å². The van der Waals surface area contributed by atoms with Crippen molar-refractivity contribution in [1.82, 2.24) is 4.23 Å². The van der Waals surface area contributed by atoms with Crippen LogP contribution in [0.4, 0.5) is 0 Å². The highest BCUT2D eigenvalue weighted by Gasteiger charge is 2.36. The molecule has 2 aromatic rings. The third-order valence-corrected chi connectivity index (χ3v) is 10.9. The summed E-state index contributed by atoms with van der Waals surface area (Å²) >= 11 is 0. The Balaban J connectivity index is 2.64. The van der Waals surface area contributed by atoms with Gasteiger partial charge in [-0.25, -0.2) is 0 Å². The van der Waals surface area contributed by atoms with Crippen molar-refractivity contribution in [3.05, 3.63) is 71.8 Å². The molecule has 3 heteroatoms. The zero-order valence-electron chi connectivity index (χ0n) is 15.3. The van der Waals surface area contributed by atoms with E-state index in [9.17, 15) is 0 Å². The van der Waals surface area contributed by atoms with Crippen molar-refractivity contribution in [1.29, 1.82) is 0 Å². The molecule has 0 aliphatic rings. The Labute approximate surface area is 143 Å². The molecule has 0 saturated heterocycles. The molecule has 2 aromatic carbocycles. The summed E-state index contributed by atoms with van der Waals surface area (Å²) in [4.78, 5) is 0. The average Bonchev–Trinajstić information content (AvgIpc) is 2.46. The number of hydrogen-bond donors (Lipinski definition) is 0. The third kappa shape index (κ3) is 4.69. The first-order chi connectivity index (χ1) is 10.7. The molecule has 0 saturated carbocycles. The van der Waals surface area contributed by atoms with Crippen molar-refractivity contribution in [2.45, 2.75) is 39.3 Å². The Morgan fingerprint density at radius 3 is 1.57 bits per heavy atom. The van der Waals surface area contributed by atoms with Gasteiger partial charge in [-0.3, -0.25) is 0 Å². The maximum Gasteiger partial charge on any atom is 0.138 e. The van der Waals surface area contributed by atoms with Crippen LogP contribution in [-0.4, -0.2) is 20.7 Å². The Morgan fingerprint density at radius 2 is 1.13 bits per heavy atom. The zero-order valence-corrected chi connectivity index (χ0v) is 17.3. The van der Waals surface area contributed by atoms with Gasteiger partial charge in [0, 0.05) is 5.70 Å². The molecular weight excluding hydrogens is 310 g/mol. The second kappa shape index (κ2) is 6.89. The monoisotopic (exact) mass is 339 g/mol. The largest absolute Gasteiger partial charge is 0.424 e. The van der Waals surface area contributed by atoms with Gasteiger partial charge in [-0.15, -0.1) is 0 Å². The lowest BCUT2D eigenvalue weighted by Crippen LogP contribution is -2.57. The highest BCUT2D eigenvalue weighted by molar-refractivity contribution is 6.91. The molecule has 0 aliphatic heterocycles. The molecule has 0 spiro atoms. The Morgan fingerprint density at radius 1 is 0.696 bits per heavy atom. The van der Waals surface area contributed by atoms with E-state index in [0.29, 0.717) is 0 Å². The first kappa shape index (κ1) is 17.8. The van der Waals surface area contributed by atoms with Crippen LogP contribution in [0.3, 0.4) is 0 Å². The van der Waals surface area contributed by atoms with Crippen LogP contribution < -0.4 is 0 Å². The van der Waals surface area contributed by atoms with Crippen molar-refractivity contribution in [2.24, 2.45) is 0 Å². The molecular formula is C20H29NSi2. The number of hydrogen-bond acceptors (Lipinski definition) is 1. The first-order valence-corrected chi connectivity index (χ1v) is 15.2. The van der Waals surface area contributed by atoms with E-state index in [2.05, 4.69) is 110 Å². The maximum absolute atomic E-state index is 2.79. The summed E-state index contributed by atoms with van der Waals surface area (Å²) in [6, 6.07) is 21.5. The van der Waals surface area contributed by atoms with Gasteiger partial charge < -0.3 is 4.23 Å². The molecule has 0 aromatic heterocycles. The molecule has 0 amide bonds. The van der Waals surface area contributed by atoms with Gasteiger partial charge in [-0.2, -0.15) is 0 Å². The molecule has 122 valence electrons. The summed E-state index contributed by atoms with van der Waals surface area (Å²) in [5, 5.41) is 0. The van der Waals surface area contributed by atoms with Crippen LogP contribution in [0.5, 0.6) is 0 Å². The third-order valence-electron chi connectivity index (χ3n) is 3.76. The molecule has 0 bridgehead atoms. The molecule has 0 aliphatic carbocycles. The highest BCUT2D eigenvalue weighted by Crippen LogP contribution is 2.32. The number of nitrogens with zero attached hydrogens (tertiary/aromatic N) is 1. The van der Waals surface area contributed by atoms with E-state index in [4.69, 9.17) is 0 Å². The van der Waals surface area contributed by atoms with Crippen molar-refractivity contribution in [3.8, 4) is 0 Å². The van der Waals surface area contributed by atoms with Gasteiger partial charge in [0.05, 0.1) is 0 Å². The second-order valence-corrected chi connectivity index (χ2v) is 18.0. The molecule has 0 fully saturated rings. The van der Waals surface area contributed by atoms with Gasteiger partial charge in [0.15, 0.2) is 0 Å². The van der Waals surface area contributed by atoms with E-state index in [-0.39, 0.29) is 0 Å². The normalized spacial score (nSPS) is 13.0. The second-order valence-electron chi connectivity index (χ2n) is 7.98. The summed E-state index contributed by atoms with van der Waals surface area (Å²) < 4.78 is 2.79. The summed E-state index contributed by atoms with van der Waals surface area (Å²) in [7, 11) is -2.99. The lowest BCUT2D eigenvalue weighted by molar-refractivity contribution is 0.865. The van der Waals surface area contributed by atoms with Crippen LogP contribution in [-0.2, 0) is 0 Å². The van der Waals surface area contributed by atoms with Gasteiger partial charge in [0.25, 0.3) is 0 Å². The Bertz CT molecular complexity index is 636. The fourth-order valence-corrected chi connectivity index (χ4v) is 13.2. The molecule has 0 heterocycles. The molecule has 0 radical (unpaired) electrons. The van der Waals surface area contributed by atoms with Gasteiger partial charge >= 0.3 is 0 Å². The molecule has 0 N–H and O–H groups in total. The quantitative estimate of drug-likeness (QED) is 0.466. The summed E-state index contributed by atoms with van der Waals surface area (Å²) in [5.41, 5.74) is 3.98. The van der Waals surface area contributed by atoms with Crippen LogP contribution in [0, 0.1) is 0 Å². The van der Waals surface area contributed by atoms with E-state index in [1.807, 2.05) is 0 Å². The molecule has 23 heavy (non-hydrogen) atoms. The first-order valence-electron chi connectivity index (χ1n) is 8.32. The molecule has 2 rings (SSSR count). The average molecular weight is 340 g/mol. The fourth-order valence-electron chi connectivity index (χ4n) is 3.32. The summed E-state index contributed by atoms with van der Waals surface area (Å²) in [6.07, 6.45) is 2.37. The lowest BCUT2D eigenvalue weighted by atomic mass is 10.1. The van der Waals surface area contributed by atoms with Crippen molar-refractivity contribution in [2.75, 3.05) is 0 Å². The fraction of sp³-hybridized carbons (Fsp3) is 0.300. The van der Waals surface area contributed by atoms with Crippen molar-refractivity contribution < 1.29 is 0 Å². The van der Waals surface area contributed by atoms with Gasteiger partial charge in [0.1, 0.15) is 16.5 Å². The van der Waals surface area contributed by atoms with Crippen molar-refractivity contribution >= 4 is 28.2 Å². The van der Waals surface area contributed by atoms with Crippen LogP contribution >= 0.6 is 0 Å². The Hall–Kier alpha value is -1.59. The maximum atomic E-state index is 2.79. The zero-order chi connectivity index (χ0) is 17.1. The van der Waals surface area contributed by atoms with E-state index in [1.54, 1.807) is 0 Å². The van der Waals surface area contributed by atoms with E-state index < -0.39 is 16.5 Å². The van der Waals surface area contributed by atoms with Crippen LogP contribution in [0.2, 0.25) is 39.3 Å². The lowest BCUT2D eigenvalue weighted by Gasteiger charge is -2.47. The molecule has 0 unspecified atom stereocenters. The number of rotatable bonds is 5. The highest BCUT2D eigenvalue weighted by atomic mass is 28.4. The minimum atomic E-state index is -1.50. The van der Waals surface area contributed by atoms with Crippen molar-refractivity contribution in [3.63, 3.8) is 0 Å². The standard InChI is InChI=1S/C20H29NSi2/c1-22(2,3)21(23(4,5)6)20(19-15-11-8-12-16-19)17-18-13-9-7-10-14-18/h7-17H,1-6H3. The Kier molecular flexibility index (Phi) is 5.32. The van der Waals surface area contributed by atoms with Gasteiger partial charge in [-0.1, -0.05) is 99.9 Å². The number of benzene rings is 2. The summed E-state index contributed by atoms with van der Waals surface area (Å²) in [5.74, 6) is 0. The minimum Gasteiger partial charge on any atom is -0.424 e. The van der Waals surface area contributed by atoms with Crippen LogP contribution in [0.25, 0.3) is 11.8 Å². The van der Waals surface area contributed by atoms with Crippen LogP contribution in [0.1, 0.15) is 11.1 Å². The smallest absolute Gasteiger partial charge is 0.138 e. The van der Waals surface area contributed by atoms with E-state index >= 15 is 0 Å². The summed E-state index contributed by atoms with van der Waals surface area (Å²) in [6.45, 7) is 14.7. The molecule has 0 atom stereocenters. The molecule has 1 nitrogen and oxygen atoms in total. The SMILES string of the molecule is C[Si](C)(C)N(C(=Cc1ccccc1)c1ccccc1)[Si](C)(C)C. The van der Waals surface area contributed by atoms with Gasteiger partial charge in [0.2, 0.25) is 0 Å². The predicted octanol–water partition coefficient (Wildman–Crippen LogP) is 6.16.